The van der Waals surface area contributed by atoms with Crippen molar-refractivity contribution in [2.45, 2.75) is 30.0 Å². The Morgan fingerprint density at radius 1 is 1.44 bits per heavy atom. The van der Waals surface area contributed by atoms with Gasteiger partial charge in [-0.05, 0) is 18.9 Å². The largest absolute Gasteiger partial charge is 0.353 e. The minimum Gasteiger partial charge on any atom is -0.353 e. The van der Waals surface area contributed by atoms with Crippen molar-refractivity contribution in [3.63, 3.8) is 0 Å². The predicted molar refractivity (Wildman–Crippen MR) is 62.1 cm³/mol. The summed E-state index contributed by atoms with van der Waals surface area (Å²) in [6.07, 6.45) is 2.76. The molecule has 1 aromatic heterocycles. The summed E-state index contributed by atoms with van der Waals surface area (Å²) in [5, 5.41) is 6.75. The molecule has 2 aliphatic rings. The third-order valence-corrected chi connectivity index (χ3v) is 5.61. The van der Waals surface area contributed by atoms with Crippen molar-refractivity contribution in [3.8, 4) is 0 Å². The van der Waals surface area contributed by atoms with Crippen LogP contribution in [0.4, 0.5) is 0 Å². The topological polar surface area (TPSA) is 84.3 Å². The van der Waals surface area contributed by atoms with Crippen molar-refractivity contribution < 1.29 is 13.2 Å². The molecule has 0 aromatic carbocycles. The third kappa shape index (κ3) is 1.49. The van der Waals surface area contributed by atoms with Gasteiger partial charge in [0.05, 0.1) is 6.20 Å². The molecule has 0 aliphatic carbocycles. The maximum Gasteiger partial charge on any atom is 0.261 e. The summed E-state index contributed by atoms with van der Waals surface area (Å²) in [6.45, 7) is 0.395. The molecule has 1 N–H and O–H groups in total. The monoisotopic (exact) mass is 270 g/mol. The first kappa shape index (κ1) is 11.7. The van der Waals surface area contributed by atoms with E-state index >= 15 is 0 Å². The molecule has 3 rings (SSSR count). The standard InChI is InChI=1S/C10H14N4O3S/c1-13-9(4-5-12-13)18(16,17)14-7-2-3-8(14)10(15)11-6-7/h4-5,7-8H,2-3,6H2,1H3,(H,11,15). The number of carbonyl (C=O) groups is 1. The summed E-state index contributed by atoms with van der Waals surface area (Å²) in [5.41, 5.74) is 0. The first-order valence-corrected chi connectivity index (χ1v) is 7.25. The predicted octanol–water partition coefficient (Wildman–Crippen LogP) is -0.928. The minimum atomic E-state index is -3.65. The maximum absolute atomic E-state index is 12.6. The number of fused-ring (bicyclic) bond motifs is 2. The Morgan fingerprint density at radius 3 is 2.89 bits per heavy atom. The lowest BCUT2D eigenvalue weighted by atomic mass is 10.2. The summed E-state index contributed by atoms with van der Waals surface area (Å²) >= 11 is 0. The molecule has 2 unspecified atom stereocenters. The normalized spacial score (nSPS) is 28.4. The zero-order valence-electron chi connectivity index (χ0n) is 9.91. The van der Waals surface area contributed by atoms with Gasteiger partial charge in [-0.3, -0.25) is 9.48 Å². The summed E-state index contributed by atoms with van der Waals surface area (Å²) in [6, 6.07) is 0.762. The first-order chi connectivity index (χ1) is 8.51. The lowest BCUT2D eigenvalue weighted by molar-refractivity contribution is -0.126. The van der Waals surface area contributed by atoms with Gasteiger partial charge in [0.1, 0.15) is 6.04 Å². The Kier molecular flexibility index (Phi) is 2.46. The highest BCUT2D eigenvalue weighted by atomic mass is 32.2. The van der Waals surface area contributed by atoms with E-state index in [-0.39, 0.29) is 17.0 Å². The van der Waals surface area contributed by atoms with Gasteiger partial charge in [-0.25, -0.2) is 8.42 Å². The van der Waals surface area contributed by atoms with E-state index in [0.29, 0.717) is 13.0 Å². The number of nitrogens with one attached hydrogen (secondary N) is 1. The smallest absolute Gasteiger partial charge is 0.261 e. The van der Waals surface area contributed by atoms with Gasteiger partial charge in [0.2, 0.25) is 5.91 Å². The highest BCUT2D eigenvalue weighted by molar-refractivity contribution is 7.89. The average molecular weight is 270 g/mol. The van der Waals surface area contributed by atoms with Crippen molar-refractivity contribution in [3.05, 3.63) is 12.3 Å². The van der Waals surface area contributed by atoms with Crippen LogP contribution in [0.15, 0.2) is 17.3 Å². The molecular weight excluding hydrogens is 256 g/mol. The van der Waals surface area contributed by atoms with Gasteiger partial charge in [0.15, 0.2) is 5.03 Å². The number of amides is 1. The van der Waals surface area contributed by atoms with Crippen LogP contribution in [0.2, 0.25) is 0 Å². The number of hydrogen-bond donors (Lipinski definition) is 1. The second-order valence-corrected chi connectivity index (χ2v) is 6.41. The third-order valence-electron chi connectivity index (χ3n) is 3.57. The van der Waals surface area contributed by atoms with E-state index in [4.69, 9.17) is 0 Å². The van der Waals surface area contributed by atoms with E-state index in [0.717, 1.165) is 6.42 Å². The molecule has 2 fully saturated rings. The van der Waals surface area contributed by atoms with Gasteiger partial charge in [-0.15, -0.1) is 0 Å². The van der Waals surface area contributed by atoms with Crippen molar-refractivity contribution in [1.82, 2.24) is 19.4 Å². The number of nitrogens with zero attached hydrogens (tertiary/aromatic N) is 3. The van der Waals surface area contributed by atoms with E-state index in [9.17, 15) is 13.2 Å². The molecule has 3 heterocycles. The number of aryl methyl sites for hydroxylation is 1. The fourth-order valence-corrected chi connectivity index (χ4v) is 4.66. The van der Waals surface area contributed by atoms with E-state index in [2.05, 4.69) is 10.4 Å². The molecule has 2 aliphatic heterocycles. The molecule has 1 aromatic rings. The first-order valence-electron chi connectivity index (χ1n) is 5.81. The molecule has 2 atom stereocenters. The van der Waals surface area contributed by atoms with Crippen molar-refractivity contribution in [1.29, 1.82) is 0 Å². The molecule has 7 nitrogen and oxygen atoms in total. The molecular formula is C10H14N4O3S. The quantitative estimate of drug-likeness (QED) is 0.752. The highest BCUT2D eigenvalue weighted by Gasteiger charge is 2.49. The fraction of sp³-hybridized carbons (Fsp3) is 0.600. The van der Waals surface area contributed by atoms with Gasteiger partial charge in [-0.2, -0.15) is 9.40 Å². The van der Waals surface area contributed by atoms with Crippen LogP contribution in [0.5, 0.6) is 0 Å². The molecule has 0 radical (unpaired) electrons. The molecule has 0 saturated carbocycles. The Hall–Kier alpha value is -1.41. The van der Waals surface area contributed by atoms with Crippen LogP contribution in [0.25, 0.3) is 0 Å². The summed E-state index contributed by atoms with van der Waals surface area (Å²) < 4.78 is 27.8. The van der Waals surface area contributed by atoms with Gasteiger partial charge in [-0.1, -0.05) is 0 Å². The van der Waals surface area contributed by atoms with Gasteiger partial charge >= 0.3 is 0 Å². The van der Waals surface area contributed by atoms with Gasteiger partial charge in [0, 0.05) is 19.6 Å². The Balaban J connectivity index is 2.05. The maximum atomic E-state index is 12.6. The van der Waals surface area contributed by atoms with Crippen LogP contribution in [-0.4, -0.2) is 47.0 Å². The Bertz CT molecular complexity index is 594. The van der Waals surface area contributed by atoms with Crippen molar-refractivity contribution in [2.24, 2.45) is 7.05 Å². The fourth-order valence-electron chi connectivity index (χ4n) is 2.72. The van der Waals surface area contributed by atoms with Crippen molar-refractivity contribution in [2.75, 3.05) is 6.54 Å². The molecule has 18 heavy (non-hydrogen) atoms. The van der Waals surface area contributed by atoms with Crippen LogP contribution in [0, 0.1) is 0 Å². The zero-order valence-corrected chi connectivity index (χ0v) is 10.7. The van der Waals surface area contributed by atoms with Crippen LogP contribution in [0.1, 0.15) is 12.8 Å². The van der Waals surface area contributed by atoms with E-state index < -0.39 is 16.1 Å². The second-order valence-electron chi connectivity index (χ2n) is 4.62. The van der Waals surface area contributed by atoms with Gasteiger partial charge < -0.3 is 5.32 Å². The number of hydrogen-bond acceptors (Lipinski definition) is 4. The number of piperazine rings is 1. The molecule has 1 amide bonds. The molecule has 98 valence electrons. The second kappa shape index (κ2) is 3.79. The van der Waals surface area contributed by atoms with Crippen LogP contribution >= 0.6 is 0 Å². The van der Waals surface area contributed by atoms with Crippen LogP contribution in [0.3, 0.4) is 0 Å². The Morgan fingerprint density at radius 2 is 2.22 bits per heavy atom. The van der Waals surface area contributed by atoms with E-state index in [1.807, 2.05) is 0 Å². The summed E-state index contributed by atoms with van der Waals surface area (Å²) in [4.78, 5) is 11.7. The zero-order chi connectivity index (χ0) is 12.9. The lowest BCUT2D eigenvalue weighted by Crippen LogP contribution is -2.57. The SMILES string of the molecule is Cn1nccc1S(=O)(=O)N1C2CCC1C(=O)NC2. The van der Waals surface area contributed by atoms with Gasteiger partial charge in [0.25, 0.3) is 10.0 Å². The van der Waals surface area contributed by atoms with Crippen molar-refractivity contribution >= 4 is 15.9 Å². The Labute approximate surface area is 105 Å². The number of sulfonamides is 1. The minimum absolute atomic E-state index is 0.132. The summed E-state index contributed by atoms with van der Waals surface area (Å²) in [5.74, 6) is -0.200. The number of aromatic nitrogens is 2. The number of carbonyl (C=O) groups excluding carboxylic acids is 1. The van der Waals surface area contributed by atoms with Crippen LogP contribution < -0.4 is 5.32 Å². The summed E-state index contributed by atoms with van der Waals surface area (Å²) in [7, 11) is -2.06. The molecule has 2 saturated heterocycles. The number of rotatable bonds is 2. The molecule has 0 spiro atoms. The van der Waals surface area contributed by atoms with E-state index in [1.165, 1.54) is 21.3 Å². The van der Waals surface area contributed by atoms with Crippen LogP contribution in [-0.2, 0) is 21.9 Å². The highest BCUT2D eigenvalue weighted by Crippen LogP contribution is 2.32. The van der Waals surface area contributed by atoms with E-state index in [1.54, 1.807) is 7.05 Å². The molecule has 8 heteroatoms. The molecule has 2 bridgehead atoms. The lowest BCUT2D eigenvalue weighted by Gasteiger charge is -2.32. The average Bonchev–Trinajstić information content (AvgIpc) is 2.88.